The first-order valence-corrected chi connectivity index (χ1v) is 10.8. The van der Waals surface area contributed by atoms with E-state index in [9.17, 15) is 9.59 Å². The molecular formula is C25H28N4O2. The predicted octanol–water partition coefficient (Wildman–Crippen LogP) is 2.93. The Balaban J connectivity index is 1.51. The molecule has 1 amide bonds. The molecule has 1 aromatic heterocycles. The van der Waals surface area contributed by atoms with Gasteiger partial charge >= 0.3 is 0 Å². The number of carbonyl (C=O) groups is 2. The van der Waals surface area contributed by atoms with Crippen molar-refractivity contribution in [2.24, 2.45) is 17.6 Å². The van der Waals surface area contributed by atoms with Crippen LogP contribution in [0.4, 0.5) is 5.69 Å². The Bertz CT molecular complexity index is 1050. The first kappa shape index (κ1) is 21.2. The number of nitrogens with one attached hydrogen (secondary N) is 2. The number of aryl methyl sites for hydroxylation is 1. The predicted molar refractivity (Wildman–Crippen MR) is 123 cm³/mol. The number of carbonyl (C=O) groups excluding carboxylic acids is 2. The molecular weight excluding hydrogens is 388 g/mol. The minimum Gasteiger partial charge on any atom is -0.330 e. The highest BCUT2D eigenvalue weighted by molar-refractivity contribution is 6.09. The van der Waals surface area contributed by atoms with Gasteiger partial charge in [0.2, 0.25) is 5.91 Å². The third-order valence-corrected chi connectivity index (χ3v) is 5.98. The highest BCUT2D eigenvalue weighted by Gasteiger charge is 2.36. The maximum atomic E-state index is 13.3. The van der Waals surface area contributed by atoms with Crippen LogP contribution >= 0.6 is 0 Å². The number of hydrogen-bond acceptors (Lipinski definition) is 5. The molecule has 3 aromatic rings. The van der Waals surface area contributed by atoms with Crippen LogP contribution in [0, 0.1) is 11.8 Å². The van der Waals surface area contributed by atoms with E-state index in [2.05, 4.69) is 15.6 Å². The van der Waals surface area contributed by atoms with E-state index in [-0.39, 0.29) is 23.7 Å². The number of pyridine rings is 1. The summed E-state index contributed by atoms with van der Waals surface area (Å²) in [5.41, 5.74) is 8.35. The summed E-state index contributed by atoms with van der Waals surface area (Å²) >= 11 is 0. The van der Waals surface area contributed by atoms with Gasteiger partial charge in [0, 0.05) is 5.39 Å². The van der Waals surface area contributed by atoms with Gasteiger partial charge in [0.05, 0.1) is 29.4 Å². The van der Waals surface area contributed by atoms with Gasteiger partial charge in [-0.3, -0.25) is 14.6 Å². The van der Waals surface area contributed by atoms with E-state index < -0.39 is 5.92 Å². The van der Waals surface area contributed by atoms with Gasteiger partial charge in [-0.15, -0.1) is 0 Å². The van der Waals surface area contributed by atoms with Crippen LogP contribution in [0.3, 0.4) is 0 Å². The maximum Gasteiger partial charge on any atom is 0.235 e. The number of anilines is 1. The van der Waals surface area contributed by atoms with Gasteiger partial charge in [-0.05, 0) is 56.0 Å². The molecule has 1 fully saturated rings. The molecule has 0 aliphatic carbocycles. The second kappa shape index (κ2) is 9.81. The molecule has 6 heteroatoms. The molecule has 1 aliphatic rings. The van der Waals surface area contributed by atoms with Gasteiger partial charge in [-0.1, -0.05) is 48.5 Å². The fourth-order valence-corrected chi connectivity index (χ4v) is 4.18. The largest absolute Gasteiger partial charge is 0.330 e. The number of Topliss-reactive ketones (excluding diaryl/α,β-unsaturated/α-hetero) is 1. The van der Waals surface area contributed by atoms with Crippen molar-refractivity contribution in [2.75, 3.05) is 18.4 Å². The molecule has 1 aliphatic heterocycles. The lowest BCUT2D eigenvalue weighted by molar-refractivity contribution is -0.132. The van der Waals surface area contributed by atoms with Crippen molar-refractivity contribution in [3.63, 3.8) is 0 Å². The van der Waals surface area contributed by atoms with Crippen LogP contribution in [0.5, 0.6) is 0 Å². The summed E-state index contributed by atoms with van der Waals surface area (Å²) in [5.74, 6) is -0.800. The van der Waals surface area contributed by atoms with Gasteiger partial charge in [-0.25, -0.2) is 0 Å². The Morgan fingerprint density at radius 1 is 1.13 bits per heavy atom. The van der Waals surface area contributed by atoms with E-state index in [1.807, 2.05) is 60.7 Å². The van der Waals surface area contributed by atoms with E-state index in [1.165, 1.54) is 0 Å². The summed E-state index contributed by atoms with van der Waals surface area (Å²) in [4.78, 5) is 30.9. The van der Waals surface area contributed by atoms with Crippen molar-refractivity contribution >= 4 is 28.3 Å². The number of aromatic nitrogens is 1. The normalized spacial score (nSPS) is 19.3. The van der Waals surface area contributed by atoms with E-state index >= 15 is 0 Å². The summed E-state index contributed by atoms with van der Waals surface area (Å²) in [5, 5.41) is 7.12. The zero-order chi connectivity index (χ0) is 21.6. The Labute approximate surface area is 182 Å². The number of ketones is 1. The summed E-state index contributed by atoms with van der Waals surface area (Å²) in [7, 11) is 0. The third-order valence-electron chi connectivity index (χ3n) is 5.98. The molecule has 0 spiro atoms. The van der Waals surface area contributed by atoms with E-state index in [1.54, 1.807) is 6.20 Å². The first-order valence-electron chi connectivity index (χ1n) is 10.8. The molecule has 4 N–H and O–H groups in total. The summed E-state index contributed by atoms with van der Waals surface area (Å²) in [6.07, 6.45) is 3.44. The molecule has 31 heavy (non-hydrogen) atoms. The van der Waals surface area contributed by atoms with Crippen LogP contribution < -0.4 is 16.4 Å². The zero-order valence-corrected chi connectivity index (χ0v) is 17.5. The van der Waals surface area contributed by atoms with Crippen molar-refractivity contribution in [3.8, 4) is 0 Å². The van der Waals surface area contributed by atoms with Gasteiger partial charge in [0.15, 0.2) is 5.78 Å². The number of amides is 1. The lowest BCUT2D eigenvalue weighted by atomic mass is 9.89. The average molecular weight is 417 g/mol. The smallest absolute Gasteiger partial charge is 0.235 e. The minimum atomic E-state index is -0.735. The molecule has 6 nitrogen and oxygen atoms in total. The molecule has 0 radical (unpaired) electrons. The molecule has 4 rings (SSSR count). The van der Waals surface area contributed by atoms with Gasteiger partial charge in [0.25, 0.3) is 0 Å². The Morgan fingerprint density at radius 2 is 1.90 bits per heavy atom. The lowest BCUT2D eigenvalue weighted by Gasteiger charge is -2.20. The Hall–Kier alpha value is -3.09. The first-order chi connectivity index (χ1) is 15.1. The molecule has 0 bridgehead atoms. The van der Waals surface area contributed by atoms with Crippen LogP contribution in [-0.2, 0) is 16.0 Å². The van der Waals surface area contributed by atoms with Crippen LogP contribution in [0.25, 0.3) is 10.9 Å². The van der Waals surface area contributed by atoms with Crippen LogP contribution in [-0.4, -0.2) is 35.8 Å². The quantitative estimate of drug-likeness (QED) is 0.491. The highest BCUT2D eigenvalue weighted by Crippen LogP contribution is 2.22. The second-order valence-corrected chi connectivity index (χ2v) is 8.18. The molecule has 2 heterocycles. The number of rotatable bonds is 8. The Morgan fingerprint density at radius 3 is 2.68 bits per heavy atom. The van der Waals surface area contributed by atoms with Gasteiger partial charge < -0.3 is 16.4 Å². The van der Waals surface area contributed by atoms with Crippen molar-refractivity contribution in [3.05, 3.63) is 72.4 Å². The lowest BCUT2D eigenvalue weighted by Crippen LogP contribution is -2.41. The molecule has 3 atom stereocenters. The molecule has 0 unspecified atom stereocenters. The van der Waals surface area contributed by atoms with E-state index in [0.29, 0.717) is 38.0 Å². The van der Waals surface area contributed by atoms with Crippen molar-refractivity contribution in [1.29, 1.82) is 0 Å². The fraction of sp³-hybridized carbons (Fsp3) is 0.320. The minimum absolute atomic E-state index is 0.0573. The second-order valence-electron chi connectivity index (χ2n) is 8.18. The number of benzene rings is 2. The molecule has 160 valence electrons. The molecule has 2 aromatic carbocycles. The van der Waals surface area contributed by atoms with Gasteiger partial charge in [-0.2, -0.15) is 0 Å². The zero-order valence-electron chi connectivity index (χ0n) is 17.5. The maximum absolute atomic E-state index is 13.3. The van der Waals surface area contributed by atoms with Gasteiger partial charge in [0.1, 0.15) is 0 Å². The number of nitrogens with two attached hydrogens (primary N) is 1. The SMILES string of the molecule is NC[C@@H]1CN[C@@H](C(=O)[C@H](CCc2ccccc2)C(=O)Nc2cnc3ccccc3c2)C1. The summed E-state index contributed by atoms with van der Waals surface area (Å²) < 4.78 is 0. The molecule has 1 saturated heterocycles. The van der Waals surface area contributed by atoms with Crippen LogP contribution in [0.1, 0.15) is 18.4 Å². The Kier molecular flexibility index (Phi) is 6.70. The third kappa shape index (κ3) is 5.16. The number of hydrogen-bond donors (Lipinski definition) is 3. The standard InChI is InChI=1S/C25H28N4O2/c26-14-18-12-23(27-15-18)24(30)21(11-10-17-6-2-1-3-7-17)25(31)29-20-13-19-8-4-5-9-22(19)28-16-20/h1-9,13,16,18,21,23,27H,10-12,14-15,26H2,(H,29,31)/t18-,21+,23-/m1/s1. The van der Waals surface area contributed by atoms with Crippen molar-refractivity contribution in [1.82, 2.24) is 10.3 Å². The number of nitrogens with zero attached hydrogens (tertiary/aromatic N) is 1. The monoisotopic (exact) mass is 416 g/mol. The fourth-order valence-electron chi connectivity index (χ4n) is 4.18. The topological polar surface area (TPSA) is 97.1 Å². The van der Waals surface area contributed by atoms with E-state index in [0.717, 1.165) is 16.5 Å². The van der Waals surface area contributed by atoms with Crippen molar-refractivity contribution < 1.29 is 9.59 Å². The average Bonchev–Trinajstić information content (AvgIpc) is 3.29. The highest BCUT2D eigenvalue weighted by atomic mass is 16.2. The van der Waals surface area contributed by atoms with E-state index in [4.69, 9.17) is 5.73 Å². The number of para-hydroxylation sites is 1. The van der Waals surface area contributed by atoms with Crippen LogP contribution in [0.15, 0.2) is 66.9 Å². The number of fused-ring (bicyclic) bond motifs is 1. The van der Waals surface area contributed by atoms with Crippen LogP contribution in [0.2, 0.25) is 0 Å². The molecule has 0 saturated carbocycles. The summed E-state index contributed by atoms with van der Waals surface area (Å²) in [6, 6.07) is 19.2. The summed E-state index contributed by atoms with van der Waals surface area (Å²) in [6.45, 7) is 1.26. The van der Waals surface area contributed by atoms with Crippen molar-refractivity contribution in [2.45, 2.75) is 25.3 Å².